The van der Waals surface area contributed by atoms with Gasteiger partial charge < -0.3 is 0 Å². The number of hydrogen-bond donors (Lipinski definition) is 1. The number of nitrogens with zero attached hydrogens (tertiary/aromatic N) is 1. The Morgan fingerprint density at radius 2 is 1.95 bits per heavy atom. The molecule has 2 aromatic rings. The average Bonchev–Trinajstić information content (AvgIpc) is 2.84. The van der Waals surface area contributed by atoms with E-state index in [0.717, 1.165) is 5.56 Å². The molecule has 118 valence electrons. The summed E-state index contributed by atoms with van der Waals surface area (Å²) in [5, 5.41) is 5.61. The van der Waals surface area contributed by atoms with Gasteiger partial charge in [0.05, 0.1) is 5.69 Å². The maximum atomic E-state index is 11.3. The number of nitrogens with one attached hydrogen (secondary N) is 1. The highest BCUT2D eigenvalue weighted by molar-refractivity contribution is 8.09. The molecule has 2 rings (SSSR count). The van der Waals surface area contributed by atoms with Gasteiger partial charge in [-0.25, -0.2) is 4.98 Å². The van der Waals surface area contributed by atoms with Crippen LogP contribution in [0.5, 0.6) is 0 Å². The minimum Gasteiger partial charge on any atom is -0.288 e. The van der Waals surface area contributed by atoms with E-state index >= 15 is 0 Å². The molecule has 0 saturated carbocycles. The van der Waals surface area contributed by atoms with Crippen molar-refractivity contribution in [3.05, 3.63) is 50.4 Å². The number of halogens is 5. The molecule has 0 atom stereocenters. The number of benzene rings is 1. The fourth-order valence-corrected chi connectivity index (χ4v) is 4.61. The van der Waals surface area contributed by atoms with Crippen LogP contribution in [0.4, 0.5) is 5.13 Å². The van der Waals surface area contributed by atoms with Crippen molar-refractivity contribution in [3.63, 3.8) is 0 Å². The zero-order chi connectivity index (χ0) is 16.3. The van der Waals surface area contributed by atoms with Gasteiger partial charge in [0.2, 0.25) is 0 Å². The molecule has 22 heavy (non-hydrogen) atoms. The second-order valence-corrected chi connectivity index (χ2v) is 10.5. The van der Waals surface area contributed by atoms with Crippen LogP contribution < -0.4 is 5.09 Å². The third kappa shape index (κ3) is 5.04. The summed E-state index contributed by atoms with van der Waals surface area (Å²) < 4.78 is 11.3. The summed E-state index contributed by atoms with van der Waals surface area (Å²) in [4.78, 5) is 4.25. The SMILES string of the molecule is O=P(Cl)(Cl)Nc1nc(C(=CCl)Cc2c(Cl)cccc2Cl)cs1. The molecule has 0 amide bonds. The van der Waals surface area contributed by atoms with E-state index in [0.29, 0.717) is 32.9 Å². The highest BCUT2D eigenvalue weighted by Gasteiger charge is 2.17. The number of allylic oxidation sites excluding steroid dienone is 1. The fraction of sp³-hybridized carbons (Fsp3) is 0.0833. The molecular weight excluding hydrogens is 428 g/mol. The molecule has 0 bridgehead atoms. The molecule has 0 aliphatic carbocycles. The number of anilines is 1. The Labute approximate surface area is 156 Å². The van der Waals surface area contributed by atoms with Crippen molar-refractivity contribution in [1.82, 2.24) is 4.98 Å². The maximum absolute atomic E-state index is 11.3. The highest BCUT2D eigenvalue weighted by Crippen LogP contribution is 2.56. The summed E-state index contributed by atoms with van der Waals surface area (Å²) in [6.07, 6.45) is 0.407. The van der Waals surface area contributed by atoms with Gasteiger partial charge in [-0.2, -0.15) is 0 Å². The first-order valence-electron chi connectivity index (χ1n) is 5.76. The lowest BCUT2D eigenvalue weighted by molar-refractivity contribution is 0.595. The highest BCUT2D eigenvalue weighted by atomic mass is 35.9. The number of thiazole rings is 1. The van der Waals surface area contributed by atoms with E-state index in [-0.39, 0.29) is 0 Å². The largest absolute Gasteiger partial charge is 0.345 e. The van der Waals surface area contributed by atoms with Gasteiger partial charge >= 0.3 is 6.00 Å². The lowest BCUT2D eigenvalue weighted by atomic mass is 10.0. The van der Waals surface area contributed by atoms with Crippen molar-refractivity contribution < 1.29 is 4.57 Å². The van der Waals surface area contributed by atoms with E-state index < -0.39 is 6.00 Å². The number of hydrogen-bond acceptors (Lipinski definition) is 3. The van der Waals surface area contributed by atoms with Gasteiger partial charge in [-0.3, -0.25) is 9.65 Å². The quantitative estimate of drug-likeness (QED) is 0.501. The van der Waals surface area contributed by atoms with Crippen LogP contribution in [-0.2, 0) is 11.0 Å². The zero-order valence-electron chi connectivity index (χ0n) is 10.7. The molecule has 0 unspecified atom stereocenters. The molecule has 0 spiro atoms. The van der Waals surface area contributed by atoms with Crippen molar-refractivity contribution in [2.75, 3.05) is 5.09 Å². The Bertz CT molecular complexity index is 737. The van der Waals surface area contributed by atoms with E-state index in [1.165, 1.54) is 16.9 Å². The molecule has 0 aliphatic heterocycles. The fourth-order valence-electron chi connectivity index (χ4n) is 1.66. The van der Waals surface area contributed by atoms with Crippen LogP contribution in [0, 0.1) is 0 Å². The molecule has 1 aromatic heterocycles. The average molecular weight is 437 g/mol. The van der Waals surface area contributed by atoms with Gasteiger partial charge in [0.15, 0.2) is 5.13 Å². The zero-order valence-corrected chi connectivity index (χ0v) is 16.2. The second-order valence-electron chi connectivity index (χ2n) is 4.12. The first kappa shape index (κ1) is 18.4. The van der Waals surface area contributed by atoms with Crippen LogP contribution in [0.2, 0.25) is 10.0 Å². The van der Waals surface area contributed by atoms with Gasteiger partial charge in [0.1, 0.15) is 0 Å². The van der Waals surface area contributed by atoms with Crippen molar-refractivity contribution >= 4 is 85.3 Å². The van der Waals surface area contributed by atoms with Gasteiger partial charge in [-0.05, 0) is 45.8 Å². The Kier molecular flexibility index (Phi) is 6.49. The Hall–Kier alpha value is 0.0700. The summed E-state index contributed by atoms with van der Waals surface area (Å²) in [6, 6.07) is 5.27. The maximum Gasteiger partial charge on any atom is 0.345 e. The van der Waals surface area contributed by atoms with Gasteiger partial charge in [0.25, 0.3) is 0 Å². The smallest absolute Gasteiger partial charge is 0.288 e. The molecule has 0 saturated heterocycles. The van der Waals surface area contributed by atoms with Crippen LogP contribution >= 0.6 is 74.6 Å². The molecule has 1 aromatic carbocycles. The van der Waals surface area contributed by atoms with Crippen molar-refractivity contribution in [2.24, 2.45) is 0 Å². The minimum atomic E-state index is -3.45. The van der Waals surface area contributed by atoms with Gasteiger partial charge in [-0.15, -0.1) is 11.3 Å². The molecular formula is C12H8Cl5N2OPS. The lowest BCUT2D eigenvalue weighted by Crippen LogP contribution is -1.94. The van der Waals surface area contributed by atoms with E-state index in [1.807, 2.05) is 0 Å². The first-order valence-corrected chi connectivity index (χ1v) is 11.3. The van der Waals surface area contributed by atoms with E-state index in [2.05, 4.69) is 10.1 Å². The minimum absolute atomic E-state index is 0.338. The molecule has 1 N–H and O–H groups in total. The molecule has 10 heteroatoms. The van der Waals surface area contributed by atoms with Crippen molar-refractivity contribution in [3.8, 4) is 0 Å². The van der Waals surface area contributed by atoms with Crippen LogP contribution in [-0.4, -0.2) is 4.98 Å². The topological polar surface area (TPSA) is 42.0 Å². The lowest BCUT2D eigenvalue weighted by Gasteiger charge is -2.08. The third-order valence-corrected chi connectivity index (χ3v) is 5.48. The van der Waals surface area contributed by atoms with Crippen molar-refractivity contribution in [1.29, 1.82) is 0 Å². The summed E-state index contributed by atoms with van der Waals surface area (Å²) >= 11 is 30.3. The molecule has 0 aliphatic rings. The van der Waals surface area contributed by atoms with Gasteiger partial charge in [0, 0.05) is 27.4 Å². The predicted octanol–water partition coefficient (Wildman–Crippen LogP) is 7.27. The monoisotopic (exact) mass is 434 g/mol. The molecule has 0 fully saturated rings. The molecule has 1 heterocycles. The standard InChI is InChI=1S/C12H8Cl5N2OPS/c13-5-7(4-8-9(14)2-1-3-10(8)15)11-6-22-12(18-11)19-21(16,17)20/h1-3,5-6H,4H2,(H,18,19,20). The third-order valence-electron chi connectivity index (χ3n) is 2.62. The number of aromatic nitrogens is 1. The molecule has 0 radical (unpaired) electrons. The van der Waals surface area contributed by atoms with Crippen LogP contribution in [0.3, 0.4) is 0 Å². The van der Waals surface area contributed by atoms with E-state index in [1.54, 1.807) is 23.6 Å². The summed E-state index contributed by atoms with van der Waals surface area (Å²) in [5.74, 6) is -3.45. The summed E-state index contributed by atoms with van der Waals surface area (Å²) in [7, 11) is 0. The van der Waals surface area contributed by atoms with Crippen molar-refractivity contribution in [2.45, 2.75) is 6.42 Å². The summed E-state index contributed by atoms with van der Waals surface area (Å²) in [6.45, 7) is 0. The Morgan fingerprint density at radius 1 is 1.32 bits per heavy atom. The first-order chi connectivity index (χ1) is 10.3. The molecule has 3 nitrogen and oxygen atoms in total. The van der Waals surface area contributed by atoms with Gasteiger partial charge in [-0.1, -0.05) is 40.9 Å². The Morgan fingerprint density at radius 3 is 2.50 bits per heavy atom. The van der Waals surface area contributed by atoms with Crippen LogP contribution in [0.1, 0.15) is 11.3 Å². The van der Waals surface area contributed by atoms with Crippen LogP contribution in [0.25, 0.3) is 5.57 Å². The van der Waals surface area contributed by atoms with Crippen LogP contribution in [0.15, 0.2) is 29.1 Å². The van der Waals surface area contributed by atoms with E-state index in [4.69, 9.17) is 57.3 Å². The number of rotatable bonds is 5. The van der Waals surface area contributed by atoms with E-state index in [9.17, 15) is 4.57 Å². The second kappa shape index (κ2) is 7.76. The Balaban J connectivity index is 2.25. The summed E-state index contributed by atoms with van der Waals surface area (Å²) in [5.41, 5.74) is 3.46. The predicted molar refractivity (Wildman–Crippen MR) is 99.0 cm³/mol. The normalized spacial score (nSPS) is 12.5.